The van der Waals surface area contributed by atoms with Crippen LogP contribution in [0.25, 0.3) is 0 Å². The number of hydrogen-bond donors (Lipinski definition) is 2. The van der Waals surface area contributed by atoms with Gasteiger partial charge in [-0.05, 0) is 25.0 Å². The second-order valence-corrected chi connectivity index (χ2v) is 7.21. The van der Waals surface area contributed by atoms with Crippen LogP contribution in [0.4, 0.5) is 13.2 Å². The summed E-state index contributed by atoms with van der Waals surface area (Å²) in [5.41, 5.74) is -2.12. The predicted molar refractivity (Wildman–Crippen MR) is 72.5 cm³/mol. The van der Waals surface area contributed by atoms with Gasteiger partial charge in [0.05, 0.1) is 11.2 Å². The molecule has 1 heterocycles. The molecule has 2 rings (SSSR count). The minimum absolute atomic E-state index is 0.169. The number of aliphatic hydroxyl groups is 1. The maximum absolute atomic E-state index is 12.4. The summed E-state index contributed by atoms with van der Waals surface area (Å²) in [6.45, 7) is -0.169. The van der Waals surface area contributed by atoms with Gasteiger partial charge in [-0.15, -0.1) is 0 Å². The van der Waals surface area contributed by atoms with Gasteiger partial charge in [-0.3, -0.25) is 0 Å². The number of alkyl halides is 3. The third-order valence-electron chi connectivity index (χ3n) is 3.71. The normalized spacial score (nSPS) is 19.1. The fourth-order valence-electron chi connectivity index (χ4n) is 2.40. The van der Waals surface area contributed by atoms with Crippen molar-refractivity contribution >= 4 is 10.0 Å². The molecule has 1 aliphatic rings. The van der Waals surface area contributed by atoms with Crippen molar-refractivity contribution in [3.05, 3.63) is 23.9 Å². The Balaban J connectivity index is 2.07. The maximum atomic E-state index is 12.4. The molecule has 1 aromatic rings. The van der Waals surface area contributed by atoms with Crippen molar-refractivity contribution in [2.24, 2.45) is 0 Å². The van der Waals surface area contributed by atoms with Crippen molar-refractivity contribution in [2.45, 2.75) is 48.9 Å². The molecule has 0 aromatic carbocycles. The van der Waals surface area contributed by atoms with Crippen molar-refractivity contribution in [3.63, 3.8) is 0 Å². The number of halogens is 3. The summed E-state index contributed by atoms with van der Waals surface area (Å²) in [5, 5.41) is 9.74. The number of nitrogens with zero attached hydrogens (tertiary/aromatic N) is 1. The largest absolute Gasteiger partial charge is 0.417 e. The molecule has 22 heavy (non-hydrogen) atoms. The van der Waals surface area contributed by atoms with Gasteiger partial charge in [-0.1, -0.05) is 19.3 Å². The lowest BCUT2D eigenvalue weighted by Crippen LogP contribution is -2.44. The fourth-order valence-corrected chi connectivity index (χ4v) is 3.44. The zero-order valence-electron chi connectivity index (χ0n) is 11.7. The Bertz CT molecular complexity index is 608. The molecule has 0 unspecified atom stereocenters. The quantitative estimate of drug-likeness (QED) is 0.881. The van der Waals surface area contributed by atoms with Crippen LogP contribution in [0.3, 0.4) is 0 Å². The molecular weight excluding hydrogens is 321 g/mol. The molecule has 1 aliphatic carbocycles. The molecule has 0 amide bonds. The molecule has 1 aromatic heterocycles. The monoisotopic (exact) mass is 338 g/mol. The minimum atomic E-state index is -4.57. The van der Waals surface area contributed by atoms with Crippen LogP contribution in [-0.2, 0) is 16.2 Å². The highest BCUT2D eigenvalue weighted by atomic mass is 32.2. The molecule has 2 N–H and O–H groups in total. The summed E-state index contributed by atoms with van der Waals surface area (Å²) in [6.07, 6.45) is -0.473. The van der Waals surface area contributed by atoms with E-state index in [1.807, 2.05) is 0 Å². The van der Waals surface area contributed by atoms with Crippen LogP contribution in [0, 0.1) is 0 Å². The molecule has 5 nitrogen and oxygen atoms in total. The summed E-state index contributed by atoms with van der Waals surface area (Å²) in [6, 6.07) is 1.47. The molecule has 0 atom stereocenters. The summed E-state index contributed by atoms with van der Waals surface area (Å²) in [4.78, 5) is 3.35. The Morgan fingerprint density at radius 3 is 2.36 bits per heavy atom. The van der Waals surface area contributed by atoms with Gasteiger partial charge in [0.25, 0.3) is 10.0 Å². The van der Waals surface area contributed by atoms with Gasteiger partial charge in [0.1, 0.15) is 0 Å². The van der Waals surface area contributed by atoms with E-state index in [2.05, 4.69) is 9.71 Å². The molecule has 0 bridgehead atoms. The van der Waals surface area contributed by atoms with E-state index >= 15 is 0 Å². The lowest BCUT2D eigenvalue weighted by molar-refractivity contribution is -0.137. The van der Waals surface area contributed by atoms with Crippen molar-refractivity contribution in [1.82, 2.24) is 9.71 Å². The fraction of sp³-hybridized carbons (Fsp3) is 0.615. The standard InChI is InChI=1S/C13H17F3N2O3S/c14-13(15,16)10-4-5-11(17-8-10)22(20,21)18-9-12(19)6-2-1-3-7-12/h4-5,8,18-19H,1-3,6-7,9H2. The number of nitrogens with one attached hydrogen (secondary N) is 1. The highest BCUT2D eigenvalue weighted by Gasteiger charge is 2.33. The molecule has 0 radical (unpaired) electrons. The van der Waals surface area contributed by atoms with Crippen LogP contribution >= 0.6 is 0 Å². The van der Waals surface area contributed by atoms with Crippen LogP contribution in [0.2, 0.25) is 0 Å². The Kier molecular flexibility index (Phi) is 4.78. The first-order valence-electron chi connectivity index (χ1n) is 6.88. The van der Waals surface area contributed by atoms with Gasteiger partial charge < -0.3 is 5.11 Å². The summed E-state index contributed by atoms with van der Waals surface area (Å²) in [5.74, 6) is 0. The smallest absolute Gasteiger partial charge is 0.389 e. The number of aromatic nitrogens is 1. The van der Waals surface area contributed by atoms with E-state index in [0.29, 0.717) is 25.1 Å². The molecule has 0 saturated heterocycles. The molecule has 124 valence electrons. The summed E-state index contributed by atoms with van der Waals surface area (Å²) >= 11 is 0. The van der Waals surface area contributed by atoms with Crippen LogP contribution in [0.5, 0.6) is 0 Å². The van der Waals surface area contributed by atoms with E-state index in [1.165, 1.54) is 0 Å². The van der Waals surface area contributed by atoms with Gasteiger partial charge in [-0.2, -0.15) is 13.2 Å². The third kappa shape index (κ3) is 4.17. The van der Waals surface area contributed by atoms with E-state index in [1.54, 1.807) is 0 Å². The highest BCUT2D eigenvalue weighted by molar-refractivity contribution is 7.89. The number of pyridine rings is 1. The van der Waals surface area contributed by atoms with Crippen LogP contribution in [0.1, 0.15) is 37.7 Å². The van der Waals surface area contributed by atoms with Gasteiger partial charge in [0.15, 0.2) is 5.03 Å². The molecule has 9 heteroatoms. The second kappa shape index (κ2) is 6.13. The number of hydrogen-bond acceptors (Lipinski definition) is 4. The van der Waals surface area contributed by atoms with Crippen molar-refractivity contribution in [2.75, 3.05) is 6.54 Å². The first kappa shape index (κ1) is 17.2. The van der Waals surface area contributed by atoms with Crippen LogP contribution in [0.15, 0.2) is 23.4 Å². The number of sulfonamides is 1. The predicted octanol–water partition coefficient (Wildman–Crippen LogP) is 2.07. The molecule has 1 saturated carbocycles. The molecule has 0 aliphatic heterocycles. The zero-order chi connectivity index (χ0) is 16.4. The highest BCUT2D eigenvalue weighted by Crippen LogP contribution is 2.29. The maximum Gasteiger partial charge on any atom is 0.417 e. The lowest BCUT2D eigenvalue weighted by Gasteiger charge is -2.31. The topological polar surface area (TPSA) is 79.3 Å². The molecule has 0 spiro atoms. The average molecular weight is 338 g/mol. The Morgan fingerprint density at radius 1 is 1.23 bits per heavy atom. The molecule has 1 fully saturated rings. The van der Waals surface area contributed by atoms with E-state index in [9.17, 15) is 26.7 Å². The first-order chi connectivity index (χ1) is 10.1. The van der Waals surface area contributed by atoms with Gasteiger partial charge >= 0.3 is 6.18 Å². The first-order valence-corrected chi connectivity index (χ1v) is 8.36. The second-order valence-electron chi connectivity index (χ2n) is 5.49. The van der Waals surface area contributed by atoms with Gasteiger partial charge in [-0.25, -0.2) is 18.1 Å². The van der Waals surface area contributed by atoms with Gasteiger partial charge in [0, 0.05) is 12.7 Å². The Morgan fingerprint density at radius 2 is 1.86 bits per heavy atom. The van der Waals surface area contributed by atoms with Gasteiger partial charge in [0.2, 0.25) is 0 Å². The van der Waals surface area contributed by atoms with Crippen LogP contribution < -0.4 is 4.72 Å². The van der Waals surface area contributed by atoms with Crippen molar-refractivity contribution < 1.29 is 26.7 Å². The third-order valence-corrected chi connectivity index (χ3v) is 5.03. The van der Waals surface area contributed by atoms with E-state index in [4.69, 9.17) is 0 Å². The van der Waals surface area contributed by atoms with Crippen LogP contribution in [-0.4, -0.2) is 30.7 Å². The van der Waals surface area contributed by atoms with E-state index < -0.39 is 32.4 Å². The molecular formula is C13H17F3N2O3S. The van der Waals surface area contributed by atoms with Crippen molar-refractivity contribution in [1.29, 1.82) is 0 Å². The summed E-state index contributed by atoms with van der Waals surface area (Å²) in [7, 11) is -4.05. The van der Waals surface area contributed by atoms with E-state index in [-0.39, 0.29) is 6.54 Å². The lowest BCUT2D eigenvalue weighted by atomic mass is 9.85. The Hall–Kier alpha value is -1.19. The zero-order valence-corrected chi connectivity index (χ0v) is 12.5. The number of rotatable bonds is 4. The summed E-state index contributed by atoms with van der Waals surface area (Å²) < 4.78 is 63.5. The van der Waals surface area contributed by atoms with E-state index in [0.717, 1.165) is 25.3 Å². The average Bonchev–Trinajstić information content (AvgIpc) is 2.46. The van der Waals surface area contributed by atoms with Crippen molar-refractivity contribution in [3.8, 4) is 0 Å². The Labute approximate surface area is 126 Å². The minimum Gasteiger partial charge on any atom is -0.389 e. The SMILES string of the molecule is O=S(=O)(NCC1(O)CCCCC1)c1ccc(C(F)(F)F)cn1.